The van der Waals surface area contributed by atoms with Gasteiger partial charge in [-0.25, -0.2) is 10.4 Å². The molecule has 2 atom stereocenters. The van der Waals surface area contributed by atoms with Crippen molar-refractivity contribution in [3.05, 3.63) is 54.1 Å². The van der Waals surface area contributed by atoms with E-state index in [-0.39, 0.29) is 17.7 Å². The van der Waals surface area contributed by atoms with Crippen LogP contribution in [-0.2, 0) is 4.79 Å². The number of aromatic nitrogens is 1. The van der Waals surface area contributed by atoms with Crippen LogP contribution in [0.4, 0.5) is 0 Å². The van der Waals surface area contributed by atoms with E-state index in [1.807, 2.05) is 48.5 Å². The minimum Gasteiger partial charge on any atom is -0.436 e. The van der Waals surface area contributed by atoms with E-state index in [9.17, 15) is 4.79 Å². The molecule has 0 fully saturated rings. The third kappa shape index (κ3) is 2.90. The van der Waals surface area contributed by atoms with Gasteiger partial charge in [-0.05, 0) is 30.7 Å². The van der Waals surface area contributed by atoms with Gasteiger partial charge in [0, 0.05) is 23.0 Å². The molecule has 26 heavy (non-hydrogen) atoms. The molecule has 0 saturated heterocycles. The van der Waals surface area contributed by atoms with Crippen molar-refractivity contribution in [2.45, 2.75) is 26.7 Å². The van der Waals surface area contributed by atoms with Gasteiger partial charge in [0.05, 0.1) is 5.71 Å². The summed E-state index contributed by atoms with van der Waals surface area (Å²) in [6.45, 7) is 4.16. The maximum atomic E-state index is 12.1. The fraction of sp³-hybridized carbons (Fsp3) is 0.286. The minimum atomic E-state index is -0.0437. The zero-order valence-electron chi connectivity index (χ0n) is 14.9. The number of hydrazone groups is 1. The van der Waals surface area contributed by atoms with Gasteiger partial charge in [-0.3, -0.25) is 4.79 Å². The Morgan fingerprint density at radius 2 is 1.92 bits per heavy atom. The predicted octanol–water partition coefficient (Wildman–Crippen LogP) is 4.38. The molecule has 2 aromatic carbocycles. The number of carbonyl (C=O) groups excluding carboxylic acids is 1. The molecule has 1 aromatic heterocycles. The topological polar surface area (TPSA) is 67.5 Å². The molecule has 0 unspecified atom stereocenters. The molecule has 4 rings (SSSR count). The van der Waals surface area contributed by atoms with Gasteiger partial charge in [0.25, 0.3) is 0 Å². The Morgan fingerprint density at radius 1 is 1.12 bits per heavy atom. The highest BCUT2D eigenvalue weighted by Crippen LogP contribution is 2.29. The summed E-state index contributed by atoms with van der Waals surface area (Å²) in [5.41, 5.74) is 7.01. The molecule has 1 N–H and O–H groups in total. The molecule has 2 heterocycles. The van der Waals surface area contributed by atoms with Crippen molar-refractivity contribution in [2.75, 3.05) is 0 Å². The Morgan fingerprint density at radius 3 is 2.69 bits per heavy atom. The number of hydrogen-bond acceptors (Lipinski definition) is 4. The van der Waals surface area contributed by atoms with Gasteiger partial charge in [-0.1, -0.05) is 44.5 Å². The maximum Gasteiger partial charge on any atom is 0.243 e. The van der Waals surface area contributed by atoms with Gasteiger partial charge in [-0.15, -0.1) is 0 Å². The van der Waals surface area contributed by atoms with Crippen molar-refractivity contribution in [2.24, 2.45) is 16.9 Å². The molecule has 0 radical (unpaired) electrons. The van der Waals surface area contributed by atoms with Crippen LogP contribution in [0.2, 0.25) is 0 Å². The van der Waals surface area contributed by atoms with Gasteiger partial charge in [0.2, 0.25) is 11.8 Å². The molecule has 0 aliphatic carbocycles. The fourth-order valence-electron chi connectivity index (χ4n) is 3.53. The first kappa shape index (κ1) is 16.5. The summed E-state index contributed by atoms with van der Waals surface area (Å²) in [5.74, 6) is 0.638. The quantitative estimate of drug-likeness (QED) is 0.761. The first-order valence-electron chi connectivity index (χ1n) is 9.01. The Labute approximate surface area is 152 Å². The third-order valence-electron chi connectivity index (χ3n) is 4.96. The van der Waals surface area contributed by atoms with E-state index in [0.717, 1.165) is 40.8 Å². The molecular weight excluding hydrogens is 326 g/mol. The largest absolute Gasteiger partial charge is 0.436 e. The summed E-state index contributed by atoms with van der Waals surface area (Å²) in [6, 6.07) is 15.7. The van der Waals surface area contributed by atoms with E-state index < -0.39 is 0 Å². The van der Waals surface area contributed by atoms with E-state index in [0.29, 0.717) is 5.89 Å². The van der Waals surface area contributed by atoms with Gasteiger partial charge in [-0.2, -0.15) is 5.10 Å². The summed E-state index contributed by atoms with van der Waals surface area (Å²) >= 11 is 0. The van der Waals surface area contributed by atoms with Crippen LogP contribution in [0.15, 0.2) is 58.0 Å². The van der Waals surface area contributed by atoms with E-state index in [2.05, 4.69) is 29.4 Å². The monoisotopic (exact) mass is 347 g/mol. The molecule has 5 heteroatoms. The average molecular weight is 347 g/mol. The SMILES string of the molecule is CCC[C@H]1C(=O)NN=C(c2ccc3nc(-c4ccccc4)oc3c2)[C@H]1C. The van der Waals surface area contributed by atoms with Crippen LogP contribution in [0, 0.1) is 11.8 Å². The number of carbonyl (C=O) groups is 1. The molecule has 0 spiro atoms. The number of oxazole rings is 1. The lowest BCUT2D eigenvalue weighted by Gasteiger charge is -2.27. The predicted molar refractivity (Wildman–Crippen MR) is 102 cm³/mol. The molecule has 3 aromatic rings. The zero-order valence-corrected chi connectivity index (χ0v) is 14.9. The number of nitrogens with zero attached hydrogens (tertiary/aromatic N) is 2. The number of hydrogen-bond donors (Lipinski definition) is 1. The van der Waals surface area contributed by atoms with Crippen LogP contribution in [-0.4, -0.2) is 16.6 Å². The molecule has 0 saturated carbocycles. The highest BCUT2D eigenvalue weighted by molar-refractivity contribution is 6.07. The van der Waals surface area contributed by atoms with Crippen molar-refractivity contribution < 1.29 is 9.21 Å². The minimum absolute atomic E-state index is 0.00945. The van der Waals surface area contributed by atoms with E-state index >= 15 is 0 Å². The first-order chi connectivity index (χ1) is 12.7. The summed E-state index contributed by atoms with van der Waals surface area (Å²) in [6.07, 6.45) is 1.83. The Hall–Kier alpha value is -2.95. The standard InChI is InChI=1S/C21H21N3O2/c1-3-7-16-13(2)19(23-24-20(16)25)15-10-11-17-18(12-15)26-21(22-17)14-8-5-4-6-9-14/h4-6,8-13,16H,3,7H2,1-2H3,(H,24,25)/t13-,16+/m0/s1. The molecule has 0 bridgehead atoms. The maximum absolute atomic E-state index is 12.1. The normalized spacial score (nSPS) is 20.1. The van der Waals surface area contributed by atoms with Gasteiger partial charge < -0.3 is 4.42 Å². The molecule has 1 aliphatic rings. The second-order valence-electron chi connectivity index (χ2n) is 6.72. The molecular formula is C21H21N3O2. The van der Waals surface area contributed by atoms with Crippen molar-refractivity contribution in [1.29, 1.82) is 0 Å². The molecule has 1 aliphatic heterocycles. The lowest BCUT2D eigenvalue weighted by Crippen LogP contribution is -2.40. The summed E-state index contributed by atoms with van der Waals surface area (Å²) in [4.78, 5) is 16.7. The summed E-state index contributed by atoms with van der Waals surface area (Å²) < 4.78 is 5.96. The van der Waals surface area contributed by atoms with Gasteiger partial charge >= 0.3 is 0 Å². The number of rotatable bonds is 4. The van der Waals surface area contributed by atoms with E-state index in [4.69, 9.17) is 4.42 Å². The molecule has 5 nitrogen and oxygen atoms in total. The lowest BCUT2D eigenvalue weighted by molar-refractivity contribution is -0.126. The second kappa shape index (κ2) is 6.75. The highest BCUT2D eigenvalue weighted by atomic mass is 16.3. The van der Waals surface area contributed by atoms with Gasteiger partial charge in [0.1, 0.15) is 5.52 Å². The van der Waals surface area contributed by atoms with E-state index in [1.165, 1.54) is 0 Å². The van der Waals surface area contributed by atoms with Crippen LogP contribution in [0.1, 0.15) is 32.3 Å². The number of benzene rings is 2. The highest BCUT2D eigenvalue weighted by Gasteiger charge is 2.32. The smallest absolute Gasteiger partial charge is 0.243 e. The summed E-state index contributed by atoms with van der Waals surface area (Å²) in [5, 5.41) is 4.32. The van der Waals surface area contributed by atoms with Crippen LogP contribution in [0.5, 0.6) is 0 Å². The Bertz CT molecular complexity index is 975. The van der Waals surface area contributed by atoms with Crippen LogP contribution in [0.3, 0.4) is 0 Å². The van der Waals surface area contributed by atoms with Crippen LogP contribution < -0.4 is 5.43 Å². The molecule has 132 valence electrons. The fourth-order valence-corrected chi connectivity index (χ4v) is 3.53. The Kier molecular flexibility index (Phi) is 4.29. The van der Waals surface area contributed by atoms with E-state index in [1.54, 1.807) is 0 Å². The summed E-state index contributed by atoms with van der Waals surface area (Å²) in [7, 11) is 0. The third-order valence-corrected chi connectivity index (χ3v) is 4.96. The second-order valence-corrected chi connectivity index (χ2v) is 6.72. The Balaban J connectivity index is 1.70. The number of amides is 1. The van der Waals surface area contributed by atoms with Crippen LogP contribution in [0.25, 0.3) is 22.6 Å². The van der Waals surface area contributed by atoms with Crippen molar-refractivity contribution >= 4 is 22.7 Å². The zero-order chi connectivity index (χ0) is 18.1. The first-order valence-corrected chi connectivity index (χ1v) is 9.01. The number of nitrogens with one attached hydrogen (secondary N) is 1. The van der Waals surface area contributed by atoms with Gasteiger partial charge in [0.15, 0.2) is 5.58 Å². The lowest BCUT2D eigenvalue weighted by atomic mass is 9.82. The van der Waals surface area contributed by atoms with Crippen molar-refractivity contribution in [1.82, 2.24) is 10.4 Å². The van der Waals surface area contributed by atoms with Crippen molar-refractivity contribution in [3.63, 3.8) is 0 Å². The average Bonchev–Trinajstić information content (AvgIpc) is 3.09. The number of fused-ring (bicyclic) bond motifs is 1. The van der Waals surface area contributed by atoms with Crippen LogP contribution >= 0.6 is 0 Å². The van der Waals surface area contributed by atoms with Crippen molar-refractivity contribution in [3.8, 4) is 11.5 Å². The molecule has 1 amide bonds.